The van der Waals surface area contributed by atoms with Crippen molar-refractivity contribution in [2.75, 3.05) is 7.11 Å². The zero-order valence-electron chi connectivity index (χ0n) is 17.6. The molecular weight excluding hydrogens is 425 g/mol. The fourth-order valence-corrected chi connectivity index (χ4v) is 3.86. The minimum absolute atomic E-state index is 0.0268. The fraction of sp³-hybridized carbons (Fsp3) is 0.261. The van der Waals surface area contributed by atoms with Crippen LogP contribution in [-0.2, 0) is 16.1 Å². The second-order valence-corrected chi connectivity index (χ2v) is 7.30. The highest BCUT2D eigenvalue weighted by atomic mass is 19.4. The molecule has 0 saturated heterocycles. The quantitative estimate of drug-likeness (QED) is 0.735. The number of methoxy groups -OCH3 is 1. The number of carbonyl (C=O) groups excluding carboxylic acids is 3. The number of halogens is 3. The second kappa shape index (κ2) is 8.49. The zero-order chi connectivity index (χ0) is 23.7. The Morgan fingerprint density at radius 3 is 2.22 bits per heavy atom. The first-order valence-corrected chi connectivity index (χ1v) is 9.65. The average Bonchev–Trinajstić information content (AvgIpc) is 2.96. The first-order chi connectivity index (χ1) is 15.0. The largest absolute Gasteiger partial charge is 0.496 e. The van der Waals surface area contributed by atoms with E-state index in [0.717, 1.165) is 11.8 Å². The number of alkyl halides is 3. The van der Waals surface area contributed by atoms with Crippen molar-refractivity contribution in [1.29, 1.82) is 0 Å². The Balaban J connectivity index is 2.13. The summed E-state index contributed by atoms with van der Waals surface area (Å²) in [6.45, 7) is 2.01. The van der Waals surface area contributed by atoms with Crippen LogP contribution in [0.1, 0.15) is 29.8 Å². The van der Waals surface area contributed by atoms with Crippen LogP contribution in [0.2, 0.25) is 0 Å². The maximum Gasteiger partial charge on any atom is 0.425 e. The number of ketones is 1. The van der Waals surface area contributed by atoms with Crippen molar-refractivity contribution in [3.8, 4) is 5.75 Å². The topological polar surface area (TPSA) is 75.7 Å². The predicted molar refractivity (Wildman–Crippen MR) is 110 cm³/mol. The lowest BCUT2D eigenvalue weighted by atomic mass is 9.86. The number of benzene rings is 2. The van der Waals surface area contributed by atoms with Gasteiger partial charge in [0.2, 0.25) is 5.54 Å². The van der Waals surface area contributed by atoms with Gasteiger partial charge in [-0.3, -0.25) is 14.4 Å². The van der Waals surface area contributed by atoms with Crippen LogP contribution in [0.4, 0.5) is 13.2 Å². The molecule has 168 valence electrons. The summed E-state index contributed by atoms with van der Waals surface area (Å²) in [5.41, 5.74) is -4.13. The third-order valence-electron chi connectivity index (χ3n) is 5.32. The second-order valence-electron chi connectivity index (χ2n) is 7.30. The van der Waals surface area contributed by atoms with E-state index in [1.807, 2.05) is 5.32 Å². The Bertz CT molecular complexity index is 1100. The minimum atomic E-state index is -5.28. The van der Waals surface area contributed by atoms with E-state index in [2.05, 4.69) is 0 Å². The van der Waals surface area contributed by atoms with Crippen molar-refractivity contribution < 1.29 is 32.3 Å². The van der Waals surface area contributed by atoms with Crippen molar-refractivity contribution in [3.63, 3.8) is 0 Å². The van der Waals surface area contributed by atoms with Gasteiger partial charge in [0.15, 0.2) is 5.78 Å². The van der Waals surface area contributed by atoms with Gasteiger partial charge in [-0.1, -0.05) is 42.5 Å². The SMILES string of the molecule is COc1ccccc1C(=O)N[C@@]1(C(F)(F)F)C(=O)N(Cc2ccccc2)C(C)=C1C(C)=O. The molecule has 0 unspecified atom stereocenters. The summed E-state index contributed by atoms with van der Waals surface area (Å²) in [6, 6.07) is 14.0. The van der Waals surface area contributed by atoms with E-state index >= 15 is 0 Å². The first kappa shape index (κ1) is 23.1. The van der Waals surface area contributed by atoms with E-state index in [0.29, 0.717) is 5.56 Å². The standard InChI is InChI=1S/C23H21F3N2O4/c1-14-19(15(2)29)22(23(24,25)26,21(31)28(14)13-16-9-5-4-6-10-16)27-20(30)17-11-7-8-12-18(17)32-3/h4-12H,13H2,1-3H3,(H,27,30)/t22-/m1/s1. The number of rotatable bonds is 6. The summed E-state index contributed by atoms with van der Waals surface area (Å²) >= 11 is 0. The third-order valence-corrected chi connectivity index (χ3v) is 5.32. The molecule has 6 nitrogen and oxygen atoms in total. The van der Waals surface area contributed by atoms with Gasteiger partial charge in [-0.05, 0) is 31.5 Å². The summed E-state index contributed by atoms with van der Waals surface area (Å²) in [6.07, 6.45) is -5.28. The van der Waals surface area contributed by atoms with E-state index in [1.165, 1.54) is 32.2 Å². The summed E-state index contributed by atoms with van der Waals surface area (Å²) < 4.78 is 48.7. The third kappa shape index (κ3) is 3.74. The lowest BCUT2D eigenvalue weighted by Crippen LogP contribution is -2.66. The van der Waals surface area contributed by atoms with E-state index in [4.69, 9.17) is 4.74 Å². The van der Waals surface area contributed by atoms with Gasteiger partial charge < -0.3 is 15.0 Å². The van der Waals surface area contributed by atoms with E-state index in [9.17, 15) is 27.6 Å². The van der Waals surface area contributed by atoms with E-state index in [-0.39, 0.29) is 23.6 Å². The number of amides is 2. The van der Waals surface area contributed by atoms with Crippen LogP contribution in [0.15, 0.2) is 65.9 Å². The van der Waals surface area contributed by atoms with Crippen molar-refractivity contribution in [1.82, 2.24) is 10.2 Å². The highest BCUT2D eigenvalue weighted by Crippen LogP contribution is 2.45. The van der Waals surface area contributed by atoms with E-state index in [1.54, 1.807) is 36.4 Å². The van der Waals surface area contributed by atoms with Crippen LogP contribution < -0.4 is 10.1 Å². The molecule has 0 bridgehead atoms. The lowest BCUT2D eigenvalue weighted by Gasteiger charge is -2.33. The van der Waals surface area contributed by atoms with Gasteiger partial charge in [0.25, 0.3) is 11.8 Å². The van der Waals surface area contributed by atoms with Crippen molar-refractivity contribution >= 4 is 17.6 Å². The summed E-state index contributed by atoms with van der Waals surface area (Å²) in [5.74, 6) is -3.58. The number of hydrogen-bond acceptors (Lipinski definition) is 4. The van der Waals surface area contributed by atoms with Crippen molar-refractivity contribution in [2.45, 2.75) is 32.1 Å². The molecule has 0 spiro atoms. The van der Waals surface area contributed by atoms with Crippen molar-refractivity contribution in [2.24, 2.45) is 0 Å². The minimum Gasteiger partial charge on any atom is -0.496 e. The molecule has 0 aromatic heterocycles. The van der Waals surface area contributed by atoms with Gasteiger partial charge in [-0.15, -0.1) is 0 Å². The van der Waals surface area contributed by atoms with Crippen LogP contribution in [0.5, 0.6) is 5.75 Å². The maximum absolute atomic E-state index is 14.5. The summed E-state index contributed by atoms with van der Waals surface area (Å²) in [4.78, 5) is 39.5. The number of carbonyl (C=O) groups is 3. The molecule has 1 N–H and O–H groups in total. The maximum atomic E-state index is 14.5. The monoisotopic (exact) mass is 446 g/mol. The van der Waals surface area contributed by atoms with Gasteiger partial charge in [-0.25, -0.2) is 0 Å². The van der Waals surface area contributed by atoms with Crippen LogP contribution in [-0.4, -0.2) is 41.3 Å². The Morgan fingerprint density at radius 1 is 1.06 bits per heavy atom. The Hall–Kier alpha value is -3.62. The van der Waals surface area contributed by atoms with Gasteiger partial charge >= 0.3 is 6.18 Å². The van der Waals surface area contributed by atoms with E-state index < -0.39 is 34.9 Å². The Labute approximate surface area is 182 Å². The van der Waals surface area contributed by atoms with Crippen molar-refractivity contribution in [3.05, 3.63) is 77.0 Å². The zero-order valence-corrected chi connectivity index (χ0v) is 17.6. The molecule has 0 fully saturated rings. The average molecular weight is 446 g/mol. The fourth-order valence-electron chi connectivity index (χ4n) is 3.86. The number of allylic oxidation sites excluding steroid dienone is 1. The molecule has 2 aromatic rings. The first-order valence-electron chi connectivity index (χ1n) is 9.65. The van der Waals surface area contributed by atoms with Crippen LogP contribution in [0, 0.1) is 0 Å². The summed E-state index contributed by atoms with van der Waals surface area (Å²) in [5, 5.41) is 1.84. The molecule has 1 heterocycles. The molecule has 32 heavy (non-hydrogen) atoms. The normalized spacial score (nSPS) is 18.7. The molecule has 1 aliphatic heterocycles. The molecule has 0 radical (unpaired) electrons. The lowest BCUT2D eigenvalue weighted by molar-refractivity contribution is -0.190. The molecular formula is C23H21F3N2O4. The van der Waals surface area contributed by atoms with Crippen LogP contribution in [0.25, 0.3) is 0 Å². The number of hydrogen-bond donors (Lipinski definition) is 1. The number of para-hydroxylation sites is 1. The molecule has 2 amide bonds. The Morgan fingerprint density at radius 2 is 1.66 bits per heavy atom. The predicted octanol–water partition coefficient (Wildman–Crippen LogP) is 3.63. The van der Waals surface area contributed by atoms with Crippen LogP contribution >= 0.6 is 0 Å². The number of nitrogens with zero attached hydrogens (tertiary/aromatic N) is 1. The molecule has 9 heteroatoms. The van der Waals surface area contributed by atoms with Gasteiger partial charge in [0.1, 0.15) is 5.75 Å². The highest BCUT2D eigenvalue weighted by molar-refractivity contribution is 6.13. The molecule has 0 aliphatic carbocycles. The van der Waals surface area contributed by atoms with Gasteiger partial charge in [-0.2, -0.15) is 13.2 Å². The number of Topliss-reactive ketones (excluding diaryl/α,β-unsaturated/α-hetero) is 1. The molecule has 1 aliphatic rings. The molecule has 3 rings (SSSR count). The number of nitrogens with one attached hydrogen (secondary N) is 1. The Kier molecular flexibility index (Phi) is 6.11. The van der Waals surface area contributed by atoms with Gasteiger partial charge in [0.05, 0.1) is 24.8 Å². The smallest absolute Gasteiger partial charge is 0.425 e. The number of ether oxygens (including phenoxy) is 1. The summed E-state index contributed by atoms with van der Waals surface area (Å²) in [7, 11) is 1.26. The van der Waals surface area contributed by atoms with Gasteiger partial charge in [0, 0.05) is 5.70 Å². The molecule has 0 saturated carbocycles. The molecule has 1 atom stereocenters. The van der Waals surface area contributed by atoms with Crippen LogP contribution in [0.3, 0.4) is 0 Å². The molecule has 2 aromatic carbocycles. The highest BCUT2D eigenvalue weighted by Gasteiger charge is 2.69.